The summed E-state index contributed by atoms with van der Waals surface area (Å²) < 4.78 is 0. The molecule has 1 amide bonds. The largest absolute Gasteiger partial charge is 0.352 e. The molecule has 2 rings (SSSR count). The first-order chi connectivity index (χ1) is 9.29. The quantitative estimate of drug-likeness (QED) is 0.858. The van der Waals surface area contributed by atoms with Crippen molar-refractivity contribution in [1.29, 1.82) is 0 Å². The number of rotatable bonds is 5. The average molecular weight is 264 g/mol. The molecule has 2 atom stereocenters. The van der Waals surface area contributed by atoms with Crippen molar-refractivity contribution < 1.29 is 7.65 Å². The van der Waals surface area contributed by atoms with Crippen LogP contribution in [0.15, 0.2) is 30.3 Å². The minimum Gasteiger partial charge on any atom is -0.352 e. The second-order valence-corrected chi connectivity index (χ2v) is 5.39. The predicted octanol–water partition coefficient (Wildman–Crippen LogP) is 2.82. The van der Waals surface area contributed by atoms with E-state index in [9.17, 15) is 4.79 Å². The topological polar surface area (TPSA) is 41.1 Å². The molecule has 19 heavy (non-hydrogen) atoms. The van der Waals surface area contributed by atoms with Crippen molar-refractivity contribution in [2.24, 2.45) is 11.8 Å². The number of carbonyl (C=O) groups excluding carboxylic acids is 1. The van der Waals surface area contributed by atoms with Gasteiger partial charge in [0, 0.05) is 15.8 Å². The molecule has 1 saturated heterocycles. The van der Waals surface area contributed by atoms with Crippen LogP contribution in [0.2, 0.25) is 0 Å². The molecule has 3 heteroatoms. The Kier molecular flexibility index (Phi) is 5.40. The van der Waals surface area contributed by atoms with E-state index >= 15 is 0 Å². The van der Waals surface area contributed by atoms with Gasteiger partial charge >= 0.3 is 0 Å². The van der Waals surface area contributed by atoms with Crippen molar-refractivity contribution in [1.82, 2.24) is 10.6 Å². The molecule has 1 aromatic rings. The zero-order valence-electron chi connectivity index (χ0n) is 11.7. The van der Waals surface area contributed by atoms with Gasteiger partial charge in [0.15, 0.2) is 0 Å². The first-order valence-corrected chi connectivity index (χ1v) is 7.31. The Balaban J connectivity index is 0.00000200. The van der Waals surface area contributed by atoms with Gasteiger partial charge in [0.1, 0.15) is 0 Å². The lowest BCUT2D eigenvalue weighted by atomic mass is 9.82. The Morgan fingerprint density at radius 3 is 2.89 bits per heavy atom. The van der Waals surface area contributed by atoms with Gasteiger partial charge in [0.25, 0.3) is 0 Å². The van der Waals surface area contributed by atoms with E-state index in [2.05, 4.69) is 17.6 Å². The molecular weight excluding hydrogens is 236 g/mol. The summed E-state index contributed by atoms with van der Waals surface area (Å²) in [5.74, 6) is 1.38. The Bertz CT molecular complexity index is 401. The first-order valence-electron chi connectivity index (χ1n) is 7.31. The summed E-state index contributed by atoms with van der Waals surface area (Å²) in [6.07, 6.45) is 2.95. The van der Waals surface area contributed by atoms with Gasteiger partial charge in [-0.3, -0.25) is 4.79 Å². The summed E-state index contributed by atoms with van der Waals surface area (Å²) in [6, 6.07) is 10.1. The average Bonchev–Trinajstić information content (AvgIpc) is 2.47. The third kappa shape index (κ3) is 4.35. The maximum atomic E-state index is 12.0. The number of piperidine rings is 1. The molecule has 2 N–H and O–H groups in total. The highest BCUT2D eigenvalue weighted by atomic mass is 16.1. The van der Waals surface area contributed by atoms with Crippen LogP contribution in [0.1, 0.15) is 34.6 Å². The predicted molar refractivity (Wildman–Crippen MR) is 81.9 cm³/mol. The van der Waals surface area contributed by atoms with E-state index in [0.29, 0.717) is 24.8 Å². The number of nitrogens with one attached hydrogen (secondary N) is 2. The van der Waals surface area contributed by atoms with E-state index in [1.54, 1.807) is 0 Å². The van der Waals surface area contributed by atoms with Gasteiger partial charge in [-0.25, -0.2) is 0 Å². The van der Waals surface area contributed by atoms with Crippen LogP contribution in [-0.4, -0.2) is 19.0 Å². The van der Waals surface area contributed by atoms with Gasteiger partial charge in [-0.15, -0.1) is 0 Å². The lowest BCUT2D eigenvalue weighted by Gasteiger charge is -2.31. The van der Waals surface area contributed by atoms with Crippen LogP contribution in [0, 0.1) is 11.8 Å². The molecule has 0 radical (unpaired) electrons. The molecule has 3 nitrogen and oxygen atoms in total. The van der Waals surface area contributed by atoms with Crippen LogP contribution in [0.3, 0.4) is 0 Å². The smallest absolute Gasteiger partial charge is 0.220 e. The molecule has 1 aliphatic rings. The molecule has 0 aromatic heterocycles. The fourth-order valence-electron chi connectivity index (χ4n) is 2.83. The van der Waals surface area contributed by atoms with Gasteiger partial charge in [0.2, 0.25) is 5.91 Å². The molecule has 0 unspecified atom stereocenters. The van der Waals surface area contributed by atoms with E-state index < -0.39 is 0 Å². The van der Waals surface area contributed by atoms with Crippen molar-refractivity contribution >= 4 is 5.91 Å². The number of carbonyl (C=O) groups is 1. The van der Waals surface area contributed by atoms with E-state index in [-0.39, 0.29) is 8.76 Å². The van der Waals surface area contributed by atoms with Crippen LogP contribution >= 0.6 is 0 Å². The Labute approximate surface area is 118 Å². The summed E-state index contributed by atoms with van der Waals surface area (Å²) in [5.41, 5.74) is 1.16. The van der Waals surface area contributed by atoms with E-state index in [0.717, 1.165) is 31.5 Å². The number of benzene rings is 1. The highest BCUT2D eigenvalue weighted by Gasteiger charge is 2.25. The SMILES string of the molecule is CC[C@@H]1CNCC[C@H]1CC(=O)NCc1ccccc1.[HH].[HH]. The summed E-state index contributed by atoms with van der Waals surface area (Å²) in [4.78, 5) is 12.0. The summed E-state index contributed by atoms with van der Waals surface area (Å²) in [6.45, 7) is 4.97. The van der Waals surface area contributed by atoms with E-state index in [4.69, 9.17) is 0 Å². The molecule has 0 saturated carbocycles. The zero-order valence-corrected chi connectivity index (χ0v) is 11.7. The van der Waals surface area contributed by atoms with Crippen LogP contribution in [-0.2, 0) is 11.3 Å². The Morgan fingerprint density at radius 2 is 2.16 bits per heavy atom. The fourth-order valence-corrected chi connectivity index (χ4v) is 2.83. The van der Waals surface area contributed by atoms with Crippen LogP contribution in [0.25, 0.3) is 0 Å². The highest BCUT2D eigenvalue weighted by molar-refractivity contribution is 5.76. The molecule has 108 valence electrons. The molecule has 1 fully saturated rings. The van der Waals surface area contributed by atoms with E-state index in [1.807, 2.05) is 30.3 Å². The molecule has 1 aliphatic heterocycles. The lowest BCUT2D eigenvalue weighted by Crippen LogP contribution is -2.38. The van der Waals surface area contributed by atoms with Crippen molar-refractivity contribution in [3.05, 3.63) is 35.9 Å². The zero-order chi connectivity index (χ0) is 13.5. The Morgan fingerprint density at radius 1 is 1.37 bits per heavy atom. The number of hydrogen-bond donors (Lipinski definition) is 2. The maximum Gasteiger partial charge on any atom is 0.220 e. The van der Waals surface area contributed by atoms with Gasteiger partial charge in [-0.05, 0) is 36.9 Å². The second-order valence-electron chi connectivity index (χ2n) is 5.39. The molecule has 0 aliphatic carbocycles. The van der Waals surface area contributed by atoms with Crippen molar-refractivity contribution in [2.45, 2.75) is 32.7 Å². The second kappa shape index (κ2) is 7.29. The highest BCUT2D eigenvalue weighted by Crippen LogP contribution is 2.25. The molecular formula is C16H28N2O. The molecule has 1 heterocycles. The fraction of sp³-hybridized carbons (Fsp3) is 0.562. The minimum absolute atomic E-state index is 0. The standard InChI is InChI=1S/C16H24N2O.2H2/c1-2-14-12-17-9-8-15(14)10-16(19)18-11-13-6-4-3-5-7-13;;/h3-7,14-15,17H,2,8-12H2,1H3,(H,18,19);2*1H/t14-,15+;;/m1../s1. The first kappa shape index (κ1) is 14.1. The van der Waals surface area contributed by atoms with Crippen LogP contribution in [0.4, 0.5) is 0 Å². The molecule has 0 spiro atoms. The third-order valence-corrected chi connectivity index (χ3v) is 4.07. The van der Waals surface area contributed by atoms with Crippen molar-refractivity contribution in [2.75, 3.05) is 13.1 Å². The summed E-state index contributed by atoms with van der Waals surface area (Å²) in [5, 5.41) is 6.45. The molecule has 0 bridgehead atoms. The molecule has 1 aromatic carbocycles. The van der Waals surface area contributed by atoms with Crippen molar-refractivity contribution in [3.63, 3.8) is 0 Å². The normalized spacial score (nSPS) is 23.0. The van der Waals surface area contributed by atoms with Gasteiger partial charge in [0.05, 0.1) is 0 Å². The van der Waals surface area contributed by atoms with Gasteiger partial charge in [-0.2, -0.15) is 0 Å². The van der Waals surface area contributed by atoms with Crippen molar-refractivity contribution in [3.8, 4) is 0 Å². The number of amides is 1. The minimum atomic E-state index is 0. The van der Waals surface area contributed by atoms with Gasteiger partial charge in [-0.1, -0.05) is 43.7 Å². The summed E-state index contributed by atoms with van der Waals surface area (Å²) >= 11 is 0. The van der Waals surface area contributed by atoms with E-state index in [1.165, 1.54) is 0 Å². The van der Waals surface area contributed by atoms with Gasteiger partial charge < -0.3 is 10.6 Å². The Hall–Kier alpha value is -1.35. The lowest BCUT2D eigenvalue weighted by molar-refractivity contribution is -0.122. The third-order valence-electron chi connectivity index (χ3n) is 4.07. The number of hydrogen-bond acceptors (Lipinski definition) is 2. The summed E-state index contributed by atoms with van der Waals surface area (Å²) in [7, 11) is 0. The van der Waals surface area contributed by atoms with Crippen LogP contribution < -0.4 is 10.6 Å². The maximum absolute atomic E-state index is 12.0. The monoisotopic (exact) mass is 264 g/mol. The van der Waals surface area contributed by atoms with Crippen LogP contribution in [0.5, 0.6) is 0 Å².